The largest absolute Gasteiger partial charge is 0.481 e. The Morgan fingerprint density at radius 3 is 2.50 bits per heavy atom. The maximum atomic E-state index is 12.8. The van der Waals surface area contributed by atoms with Crippen molar-refractivity contribution in [1.82, 2.24) is 10.2 Å². The lowest BCUT2D eigenvalue weighted by atomic mass is 10.3. The van der Waals surface area contributed by atoms with E-state index in [4.69, 9.17) is 4.74 Å². The third kappa shape index (κ3) is 4.21. The molecule has 0 bridgehead atoms. The fraction of sp³-hybridized carbons (Fsp3) is 0.250. The summed E-state index contributed by atoms with van der Waals surface area (Å²) in [7, 11) is -3.46. The summed E-state index contributed by atoms with van der Waals surface area (Å²) in [6.07, 6.45) is 0.121. The molecule has 0 aliphatic heterocycles. The van der Waals surface area contributed by atoms with E-state index in [1.165, 1.54) is 31.2 Å². The molecule has 10 heteroatoms. The molecule has 1 unspecified atom stereocenters. The van der Waals surface area contributed by atoms with Gasteiger partial charge < -0.3 is 4.74 Å². The maximum Gasteiger partial charge on any atom is 0.266 e. The molecule has 22 heavy (non-hydrogen) atoms. The molecule has 7 nitrogen and oxygen atoms in total. The Morgan fingerprint density at radius 1 is 1.32 bits per heavy atom. The van der Waals surface area contributed by atoms with Crippen molar-refractivity contribution >= 4 is 32.2 Å². The van der Waals surface area contributed by atoms with Crippen molar-refractivity contribution in [2.75, 3.05) is 11.6 Å². The second-order valence-electron chi connectivity index (χ2n) is 4.35. The number of rotatable bonds is 5. The minimum absolute atomic E-state index is 0.0555. The minimum atomic E-state index is -3.46. The predicted molar refractivity (Wildman–Crippen MR) is 78.1 cm³/mol. The van der Waals surface area contributed by atoms with Crippen LogP contribution < -0.4 is 10.1 Å². The average Bonchev–Trinajstić information content (AvgIpc) is 2.90. The molecule has 1 aromatic heterocycles. The number of sulfone groups is 1. The van der Waals surface area contributed by atoms with Gasteiger partial charge in [-0.15, -0.1) is 10.2 Å². The van der Waals surface area contributed by atoms with Crippen LogP contribution in [0.5, 0.6) is 5.75 Å². The Balaban J connectivity index is 1.99. The topological polar surface area (TPSA) is 98.2 Å². The van der Waals surface area contributed by atoms with Crippen LogP contribution in [0.25, 0.3) is 0 Å². The van der Waals surface area contributed by atoms with Gasteiger partial charge in [0.2, 0.25) is 19.3 Å². The highest BCUT2D eigenvalue weighted by molar-refractivity contribution is 7.92. The van der Waals surface area contributed by atoms with Crippen LogP contribution >= 0.6 is 11.3 Å². The first-order chi connectivity index (χ1) is 10.3. The highest BCUT2D eigenvalue weighted by Gasteiger charge is 2.19. The van der Waals surface area contributed by atoms with Crippen molar-refractivity contribution in [3.05, 3.63) is 30.1 Å². The fourth-order valence-corrected chi connectivity index (χ4v) is 2.90. The first-order valence-corrected chi connectivity index (χ1v) is 8.73. The van der Waals surface area contributed by atoms with Gasteiger partial charge in [-0.25, -0.2) is 12.8 Å². The van der Waals surface area contributed by atoms with E-state index in [1.54, 1.807) is 0 Å². The van der Waals surface area contributed by atoms with Gasteiger partial charge in [-0.05, 0) is 31.2 Å². The Bertz CT molecular complexity index is 774. The van der Waals surface area contributed by atoms with E-state index in [1.807, 2.05) is 0 Å². The van der Waals surface area contributed by atoms with Gasteiger partial charge in [-0.2, -0.15) is 0 Å². The number of amides is 1. The molecule has 1 aromatic carbocycles. The van der Waals surface area contributed by atoms with E-state index in [0.29, 0.717) is 5.75 Å². The molecule has 0 saturated carbocycles. The van der Waals surface area contributed by atoms with Crippen molar-refractivity contribution in [3.63, 3.8) is 0 Å². The van der Waals surface area contributed by atoms with Crippen molar-refractivity contribution in [1.29, 1.82) is 0 Å². The zero-order chi connectivity index (χ0) is 16.3. The molecule has 1 atom stereocenters. The van der Waals surface area contributed by atoms with Gasteiger partial charge in [-0.1, -0.05) is 11.3 Å². The zero-order valence-electron chi connectivity index (χ0n) is 11.6. The first kappa shape index (κ1) is 16.3. The molecule has 0 spiro atoms. The molecule has 118 valence electrons. The standard InChI is InChI=1S/C12H12FN3O4S2/c1-7(20-9-5-3-8(13)4-6-9)10(17)14-11-15-16-12(21-11)22(2,18)19/h3-7H,1-2H3,(H,14,15,17). The van der Waals surface area contributed by atoms with E-state index >= 15 is 0 Å². The highest BCUT2D eigenvalue weighted by atomic mass is 32.2. The summed E-state index contributed by atoms with van der Waals surface area (Å²) in [5, 5.41) is 9.52. The first-order valence-electron chi connectivity index (χ1n) is 6.02. The van der Waals surface area contributed by atoms with Crippen LogP contribution in [0.3, 0.4) is 0 Å². The molecule has 0 aliphatic rings. The summed E-state index contributed by atoms with van der Waals surface area (Å²) in [5.41, 5.74) is 0. The normalized spacial score (nSPS) is 12.7. The number of anilines is 1. The van der Waals surface area contributed by atoms with Gasteiger partial charge in [0.1, 0.15) is 11.6 Å². The van der Waals surface area contributed by atoms with Gasteiger partial charge in [-0.3, -0.25) is 10.1 Å². The smallest absolute Gasteiger partial charge is 0.266 e. The molecule has 0 fully saturated rings. The van der Waals surface area contributed by atoms with Crippen LogP contribution in [0.15, 0.2) is 28.6 Å². The quantitative estimate of drug-likeness (QED) is 0.825. The summed E-state index contributed by atoms with van der Waals surface area (Å²) < 4.78 is 40.5. The Morgan fingerprint density at radius 2 is 1.95 bits per heavy atom. The lowest BCUT2D eigenvalue weighted by molar-refractivity contribution is -0.122. The fourth-order valence-electron chi connectivity index (χ4n) is 1.39. The number of carbonyl (C=O) groups excluding carboxylic acids is 1. The second kappa shape index (κ2) is 6.36. The van der Waals surface area contributed by atoms with Gasteiger partial charge >= 0.3 is 0 Å². The lowest BCUT2D eigenvalue weighted by Crippen LogP contribution is -2.30. The van der Waals surface area contributed by atoms with E-state index in [2.05, 4.69) is 15.5 Å². The van der Waals surface area contributed by atoms with Crippen molar-refractivity contribution in [2.45, 2.75) is 17.4 Å². The summed E-state index contributed by atoms with van der Waals surface area (Å²) in [6, 6.07) is 5.21. The number of hydrogen-bond acceptors (Lipinski definition) is 7. The third-order valence-corrected chi connectivity index (χ3v) is 4.96. The van der Waals surface area contributed by atoms with Crippen LogP contribution in [-0.2, 0) is 14.6 Å². The van der Waals surface area contributed by atoms with Crippen LogP contribution in [0.2, 0.25) is 0 Å². The molecular weight excluding hydrogens is 333 g/mol. The van der Waals surface area contributed by atoms with Gasteiger partial charge in [0.25, 0.3) is 5.91 Å². The summed E-state index contributed by atoms with van der Waals surface area (Å²) in [5.74, 6) is -0.606. The average molecular weight is 345 g/mol. The summed E-state index contributed by atoms with van der Waals surface area (Å²) in [4.78, 5) is 11.9. The minimum Gasteiger partial charge on any atom is -0.481 e. The Hall–Kier alpha value is -2.07. The number of hydrogen-bond donors (Lipinski definition) is 1. The number of ether oxygens (including phenoxy) is 1. The predicted octanol–water partition coefficient (Wildman–Crippen LogP) is 1.49. The molecule has 1 N–H and O–H groups in total. The Labute approximate surface area is 130 Å². The van der Waals surface area contributed by atoms with E-state index in [0.717, 1.165) is 17.6 Å². The van der Waals surface area contributed by atoms with Crippen LogP contribution in [0.1, 0.15) is 6.92 Å². The lowest BCUT2D eigenvalue weighted by Gasteiger charge is -2.13. The molecule has 0 saturated heterocycles. The van der Waals surface area contributed by atoms with Crippen molar-refractivity contribution in [2.24, 2.45) is 0 Å². The molecular formula is C12H12FN3O4S2. The van der Waals surface area contributed by atoms with E-state index in [-0.39, 0.29) is 9.47 Å². The van der Waals surface area contributed by atoms with E-state index in [9.17, 15) is 17.6 Å². The number of nitrogens with one attached hydrogen (secondary N) is 1. The number of nitrogens with zero attached hydrogens (tertiary/aromatic N) is 2. The maximum absolute atomic E-state index is 12.8. The molecule has 2 aromatic rings. The SMILES string of the molecule is CC(Oc1ccc(F)cc1)C(=O)Nc1nnc(S(C)(=O)=O)s1. The molecule has 1 heterocycles. The van der Waals surface area contributed by atoms with Gasteiger partial charge in [0, 0.05) is 6.26 Å². The van der Waals surface area contributed by atoms with Crippen LogP contribution in [0.4, 0.5) is 9.52 Å². The summed E-state index contributed by atoms with van der Waals surface area (Å²) in [6.45, 7) is 1.50. The number of aromatic nitrogens is 2. The van der Waals surface area contributed by atoms with Crippen LogP contribution in [-0.4, -0.2) is 36.9 Å². The molecule has 0 radical (unpaired) electrons. The highest BCUT2D eigenvalue weighted by Crippen LogP contribution is 2.20. The van der Waals surface area contributed by atoms with Gasteiger partial charge in [0.05, 0.1) is 0 Å². The monoisotopic (exact) mass is 345 g/mol. The van der Waals surface area contributed by atoms with Gasteiger partial charge in [0.15, 0.2) is 6.10 Å². The third-order valence-electron chi connectivity index (χ3n) is 2.45. The molecule has 2 rings (SSSR count). The summed E-state index contributed by atoms with van der Waals surface area (Å²) >= 11 is 0.747. The molecule has 1 amide bonds. The number of halogens is 1. The second-order valence-corrected chi connectivity index (χ2v) is 7.52. The van der Waals surface area contributed by atoms with Crippen LogP contribution in [0, 0.1) is 5.82 Å². The number of carbonyl (C=O) groups is 1. The zero-order valence-corrected chi connectivity index (χ0v) is 13.2. The van der Waals surface area contributed by atoms with Crippen molar-refractivity contribution in [3.8, 4) is 5.75 Å². The van der Waals surface area contributed by atoms with Crippen molar-refractivity contribution < 1.29 is 22.3 Å². The number of benzene rings is 1. The Kier molecular flexibility index (Phi) is 4.71. The van der Waals surface area contributed by atoms with E-state index < -0.39 is 27.7 Å². The molecule has 0 aliphatic carbocycles.